The van der Waals surface area contributed by atoms with E-state index in [1.807, 2.05) is 18.2 Å². The average molecular weight is 289 g/mol. The number of hydrogen-bond donors (Lipinski definition) is 1. The summed E-state index contributed by atoms with van der Waals surface area (Å²) in [5, 5.41) is 5.18. The normalized spacial score (nSPS) is 10.8. The molecule has 4 heteroatoms. The van der Waals surface area contributed by atoms with E-state index in [9.17, 15) is 0 Å². The number of benzene rings is 2. The molecule has 0 aliphatic rings. The highest BCUT2D eigenvalue weighted by molar-refractivity contribution is 7.18. The Morgan fingerprint density at radius 3 is 2.74 bits per heavy atom. The third kappa shape index (κ3) is 2.88. The number of anilines is 1. The van der Waals surface area contributed by atoms with E-state index in [2.05, 4.69) is 41.5 Å². The number of aryl methyl sites for hydroxylation is 1. The molecule has 3 aromatic rings. The van der Waals surface area contributed by atoms with Gasteiger partial charge in [-0.25, -0.2) is 4.98 Å². The topological polar surface area (TPSA) is 24.9 Å². The number of rotatable bonds is 3. The molecule has 0 amide bonds. The van der Waals surface area contributed by atoms with Gasteiger partial charge in [0.25, 0.3) is 0 Å². The molecule has 2 aromatic carbocycles. The molecule has 0 saturated heterocycles. The van der Waals surface area contributed by atoms with E-state index in [1.165, 1.54) is 10.3 Å². The van der Waals surface area contributed by atoms with Gasteiger partial charge in [-0.1, -0.05) is 29.3 Å². The van der Waals surface area contributed by atoms with E-state index < -0.39 is 0 Å². The van der Waals surface area contributed by atoms with Crippen molar-refractivity contribution in [3.63, 3.8) is 0 Å². The third-order valence-corrected chi connectivity index (χ3v) is 4.16. The maximum absolute atomic E-state index is 5.96. The summed E-state index contributed by atoms with van der Waals surface area (Å²) in [6.07, 6.45) is 0. The molecule has 2 nitrogen and oxygen atoms in total. The van der Waals surface area contributed by atoms with Gasteiger partial charge in [-0.05, 0) is 37.3 Å². The van der Waals surface area contributed by atoms with Crippen molar-refractivity contribution in [3.05, 3.63) is 58.1 Å². The Kier molecular flexibility index (Phi) is 3.40. The summed E-state index contributed by atoms with van der Waals surface area (Å²) < 4.78 is 1.17. The van der Waals surface area contributed by atoms with Crippen LogP contribution in [0.5, 0.6) is 0 Å². The lowest BCUT2D eigenvalue weighted by Gasteiger charge is -2.03. The zero-order valence-electron chi connectivity index (χ0n) is 10.5. The zero-order chi connectivity index (χ0) is 13.2. The van der Waals surface area contributed by atoms with Gasteiger partial charge in [-0.2, -0.15) is 0 Å². The summed E-state index contributed by atoms with van der Waals surface area (Å²) >= 11 is 7.66. The minimum absolute atomic E-state index is 0.732. The van der Waals surface area contributed by atoms with Gasteiger partial charge in [0, 0.05) is 10.7 Å². The van der Waals surface area contributed by atoms with Gasteiger partial charge in [0.05, 0.1) is 16.8 Å². The minimum atomic E-state index is 0.732. The number of hydrogen-bond acceptors (Lipinski definition) is 3. The van der Waals surface area contributed by atoms with Crippen molar-refractivity contribution >= 4 is 38.8 Å². The molecule has 1 heterocycles. The van der Waals surface area contributed by atoms with Crippen molar-refractivity contribution in [2.45, 2.75) is 13.5 Å². The molecule has 0 fully saturated rings. The van der Waals surface area contributed by atoms with Crippen LogP contribution in [0.2, 0.25) is 5.02 Å². The largest absolute Gasteiger partial charge is 0.379 e. The number of halogens is 1. The van der Waals surface area contributed by atoms with Crippen LogP contribution in [0.25, 0.3) is 10.2 Å². The molecule has 96 valence electrons. The Bertz CT molecular complexity index is 704. The molecule has 1 aromatic heterocycles. The molecule has 0 saturated carbocycles. The van der Waals surface area contributed by atoms with Gasteiger partial charge >= 0.3 is 0 Å². The second-order valence-electron chi connectivity index (χ2n) is 4.44. The van der Waals surface area contributed by atoms with Crippen molar-refractivity contribution in [3.8, 4) is 0 Å². The predicted octanol–water partition coefficient (Wildman–Crippen LogP) is 4.87. The molecular formula is C15H13ClN2S. The van der Waals surface area contributed by atoms with Gasteiger partial charge in [-0.3, -0.25) is 0 Å². The van der Waals surface area contributed by atoms with Gasteiger partial charge in [0.15, 0.2) is 0 Å². The molecule has 3 rings (SSSR count). The van der Waals surface area contributed by atoms with E-state index in [0.717, 1.165) is 27.8 Å². The van der Waals surface area contributed by atoms with Crippen LogP contribution in [0, 0.1) is 6.92 Å². The van der Waals surface area contributed by atoms with Crippen LogP contribution < -0.4 is 5.32 Å². The molecule has 0 radical (unpaired) electrons. The maximum Gasteiger partial charge on any atom is 0.113 e. The predicted molar refractivity (Wildman–Crippen MR) is 83.1 cm³/mol. The maximum atomic E-state index is 5.96. The first-order valence-electron chi connectivity index (χ1n) is 6.06. The second-order valence-corrected chi connectivity index (χ2v) is 5.99. The minimum Gasteiger partial charge on any atom is -0.379 e. The highest BCUT2D eigenvalue weighted by Gasteiger charge is 2.04. The number of thiazole rings is 1. The first-order chi connectivity index (χ1) is 9.20. The molecule has 0 aliphatic heterocycles. The SMILES string of the molecule is Cc1ccc(NCc2nc3cc(Cl)ccc3s2)cc1. The third-order valence-electron chi connectivity index (χ3n) is 2.89. The zero-order valence-corrected chi connectivity index (χ0v) is 12.1. The van der Waals surface area contributed by atoms with E-state index in [0.29, 0.717) is 0 Å². The molecular weight excluding hydrogens is 276 g/mol. The summed E-state index contributed by atoms with van der Waals surface area (Å²) in [7, 11) is 0. The quantitative estimate of drug-likeness (QED) is 0.744. The van der Waals surface area contributed by atoms with Gasteiger partial charge in [0.1, 0.15) is 5.01 Å². The number of aromatic nitrogens is 1. The van der Waals surface area contributed by atoms with Gasteiger partial charge in [-0.15, -0.1) is 11.3 Å². The van der Waals surface area contributed by atoms with E-state index in [4.69, 9.17) is 11.6 Å². The molecule has 1 N–H and O–H groups in total. The van der Waals surface area contributed by atoms with Gasteiger partial charge in [0.2, 0.25) is 0 Å². The Balaban J connectivity index is 1.76. The van der Waals surface area contributed by atoms with Crippen molar-refractivity contribution in [2.75, 3.05) is 5.32 Å². The average Bonchev–Trinajstić information content (AvgIpc) is 2.80. The van der Waals surface area contributed by atoms with Crippen LogP contribution in [0.3, 0.4) is 0 Å². The highest BCUT2D eigenvalue weighted by atomic mass is 35.5. The Hall–Kier alpha value is -1.58. The molecule has 0 bridgehead atoms. The monoisotopic (exact) mass is 288 g/mol. The van der Waals surface area contributed by atoms with Gasteiger partial charge < -0.3 is 5.32 Å². The molecule has 19 heavy (non-hydrogen) atoms. The van der Waals surface area contributed by atoms with Crippen LogP contribution in [0.1, 0.15) is 10.6 Å². The molecule has 0 unspecified atom stereocenters. The van der Waals surface area contributed by atoms with Crippen molar-refractivity contribution in [2.24, 2.45) is 0 Å². The fourth-order valence-corrected chi connectivity index (χ4v) is 2.93. The molecule has 0 aliphatic carbocycles. The lowest BCUT2D eigenvalue weighted by Crippen LogP contribution is -1.98. The highest BCUT2D eigenvalue weighted by Crippen LogP contribution is 2.25. The number of nitrogens with zero attached hydrogens (tertiary/aromatic N) is 1. The Labute approximate surface area is 121 Å². The van der Waals surface area contributed by atoms with Crippen molar-refractivity contribution < 1.29 is 0 Å². The number of fused-ring (bicyclic) bond motifs is 1. The molecule has 0 spiro atoms. The van der Waals surface area contributed by atoms with Crippen molar-refractivity contribution in [1.29, 1.82) is 0 Å². The summed E-state index contributed by atoms with van der Waals surface area (Å²) in [6, 6.07) is 14.2. The standard InChI is InChI=1S/C15H13ClN2S/c1-10-2-5-12(6-3-10)17-9-15-18-13-8-11(16)4-7-14(13)19-15/h2-8,17H,9H2,1H3. The smallest absolute Gasteiger partial charge is 0.113 e. The van der Waals surface area contributed by atoms with Crippen LogP contribution in [0.15, 0.2) is 42.5 Å². The van der Waals surface area contributed by atoms with E-state index >= 15 is 0 Å². The fraction of sp³-hybridized carbons (Fsp3) is 0.133. The molecule has 0 atom stereocenters. The van der Waals surface area contributed by atoms with Crippen LogP contribution in [-0.2, 0) is 6.54 Å². The Morgan fingerprint density at radius 1 is 1.16 bits per heavy atom. The summed E-state index contributed by atoms with van der Waals surface area (Å²) in [6.45, 7) is 2.82. The first kappa shape index (κ1) is 12.5. The van der Waals surface area contributed by atoms with E-state index in [-0.39, 0.29) is 0 Å². The van der Waals surface area contributed by atoms with Crippen LogP contribution in [0.4, 0.5) is 5.69 Å². The van der Waals surface area contributed by atoms with Crippen LogP contribution >= 0.6 is 22.9 Å². The summed E-state index contributed by atoms with van der Waals surface area (Å²) in [4.78, 5) is 4.58. The lowest BCUT2D eigenvalue weighted by atomic mass is 10.2. The first-order valence-corrected chi connectivity index (χ1v) is 7.26. The summed E-state index contributed by atoms with van der Waals surface area (Å²) in [5.74, 6) is 0. The Morgan fingerprint density at radius 2 is 1.95 bits per heavy atom. The lowest BCUT2D eigenvalue weighted by molar-refractivity contribution is 1.12. The number of nitrogens with one attached hydrogen (secondary N) is 1. The fourth-order valence-electron chi connectivity index (χ4n) is 1.87. The van der Waals surface area contributed by atoms with Crippen molar-refractivity contribution in [1.82, 2.24) is 4.98 Å². The second kappa shape index (κ2) is 5.19. The van der Waals surface area contributed by atoms with Crippen LogP contribution in [-0.4, -0.2) is 4.98 Å². The van der Waals surface area contributed by atoms with E-state index in [1.54, 1.807) is 11.3 Å². The summed E-state index contributed by atoms with van der Waals surface area (Å²) in [5.41, 5.74) is 3.35.